The SMILES string of the molecule is COc1cc(/C=C/c2cc(O)cc3c2[C@@H](c2ccc(O)c(OC)c2)[C@H](c2cc(O)cc(O)c2)O3)ccc1O. The molecular formula is C30H26O8. The van der Waals surface area contributed by atoms with Crippen LogP contribution in [0.15, 0.2) is 66.7 Å². The number of rotatable bonds is 6. The Morgan fingerprint density at radius 3 is 1.97 bits per heavy atom. The van der Waals surface area contributed by atoms with Gasteiger partial charge in [-0.25, -0.2) is 0 Å². The van der Waals surface area contributed by atoms with E-state index < -0.39 is 12.0 Å². The van der Waals surface area contributed by atoms with Crippen molar-refractivity contribution in [1.82, 2.24) is 0 Å². The van der Waals surface area contributed by atoms with Crippen molar-refractivity contribution in [3.8, 4) is 46.0 Å². The van der Waals surface area contributed by atoms with E-state index >= 15 is 0 Å². The molecule has 2 atom stereocenters. The van der Waals surface area contributed by atoms with Crippen LogP contribution in [-0.2, 0) is 0 Å². The number of fused-ring (bicyclic) bond motifs is 1. The molecule has 0 saturated heterocycles. The molecule has 5 rings (SSSR count). The summed E-state index contributed by atoms with van der Waals surface area (Å²) in [5, 5.41) is 51.0. The van der Waals surface area contributed by atoms with Crippen LogP contribution in [0.2, 0.25) is 0 Å². The molecule has 0 fully saturated rings. The van der Waals surface area contributed by atoms with E-state index in [4.69, 9.17) is 14.2 Å². The van der Waals surface area contributed by atoms with Crippen molar-refractivity contribution in [2.75, 3.05) is 14.2 Å². The van der Waals surface area contributed by atoms with Crippen LogP contribution in [0.25, 0.3) is 12.2 Å². The summed E-state index contributed by atoms with van der Waals surface area (Å²) in [6.07, 6.45) is 2.96. The molecule has 194 valence electrons. The first-order chi connectivity index (χ1) is 18.3. The lowest BCUT2D eigenvalue weighted by Gasteiger charge is -2.22. The van der Waals surface area contributed by atoms with E-state index in [1.54, 1.807) is 30.3 Å². The van der Waals surface area contributed by atoms with E-state index in [2.05, 4.69) is 0 Å². The summed E-state index contributed by atoms with van der Waals surface area (Å²) >= 11 is 0. The normalized spacial score (nSPS) is 16.3. The number of benzene rings is 4. The minimum absolute atomic E-state index is 0.00636. The van der Waals surface area contributed by atoms with Crippen LogP contribution in [0.1, 0.15) is 39.8 Å². The molecule has 5 N–H and O–H groups in total. The monoisotopic (exact) mass is 514 g/mol. The van der Waals surface area contributed by atoms with Gasteiger partial charge in [-0.3, -0.25) is 0 Å². The van der Waals surface area contributed by atoms with Gasteiger partial charge in [0.05, 0.1) is 20.1 Å². The summed E-state index contributed by atoms with van der Waals surface area (Å²) in [6.45, 7) is 0. The molecule has 0 aromatic heterocycles. The molecule has 4 aromatic rings. The largest absolute Gasteiger partial charge is 0.508 e. The van der Waals surface area contributed by atoms with E-state index in [1.165, 1.54) is 50.6 Å². The van der Waals surface area contributed by atoms with Crippen molar-refractivity contribution < 1.29 is 39.7 Å². The third-order valence-electron chi connectivity index (χ3n) is 6.50. The minimum Gasteiger partial charge on any atom is -0.508 e. The molecule has 8 nitrogen and oxygen atoms in total. The first-order valence-electron chi connectivity index (χ1n) is 11.8. The van der Waals surface area contributed by atoms with Gasteiger partial charge >= 0.3 is 0 Å². The van der Waals surface area contributed by atoms with Crippen LogP contribution in [-0.4, -0.2) is 39.8 Å². The lowest BCUT2D eigenvalue weighted by Crippen LogP contribution is -2.12. The molecule has 0 unspecified atom stereocenters. The summed E-state index contributed by atoms with van der Waals surface area (Å²) in [6, 6.07) is 17.3. The maximum Gasteiger partial charge on any atom is 0.161 e. The van der Waals surface area contributed by atoms with Gasteiger partial charge in [-0.15, -0.1) is 0 Å². The Kier molecular flexibility index (Phi) is 6.38. The Labute approximate surface area is 218 Å². The van der Waals surface area contributed by atoms with Crippen LogP contribution in [0.3, 0.4) is 0 Å². The molecule has 1 aliphatic rings. The molecule has 38 heavy (non-hydrogen) atoms. The highest BCUT2D eigenvalue weighted by Crippen LogP contribution is 2.53. The van der Waals surface area contributed by atoms with Crippen molar-refractivity contribution in [1.29, 1.82) is 0 Å². The molecule has 1 aliphatic heterocycles. The van der Waals surface area contributed by atoms with Crippen molar-refractivity contribution in [2.45, 2.75) is 12.0 Å². The van der Waals surface area contributed by atoms with Gasteiger partial charge in [-0.1, -0.05) is 24.3 Å². The summed E-state index contributed by atoms with van der Waals surface area (Å²) < 4.78 is 16.9. The van der Waals surface area contributed by atoms with Crippen LogP contribution in [0.5, 0.6) is 46.0 Å². The van der Waals surface area contributed by atoms with Crippen LogP contribution in [0.4, 0.5) is 0 Å². The maximum absolute atomic E-state index is 10.5. The summed E-state index contributed by atoms with van der Waals surface area (Å²) in [5.41, 5.74) is 3.44. The van der Waals surface area contributed by atoms with Crippen LogP contribution < -0.4 is 14.2 Å². The van der Waals surface area contributed by atoms with E-state index in [9.17, 15) is 25.5 Å². The number of phenolic OH excluding ortho intramolecular Hbond substituents is 5. The van der Waals surface area contributed by atoms with Crippen LogP contribution in [0, 0.1) is 0 Å². The highest BCUT2D eigenvalue weighted by atomic mass is 16.5. The molecule has 8 heteroatoms. The molecule has 0 radical (unpaired) electrons. The summed E-state index contributed by atoms with van der Waals surface area (Å²) in [5.74, 6) is 0.330. The highest BCUT2D eigenvalue weighted by molar-refractivity contribution is 5.76. The molecule has 0 amide bonds. The Morgan fingerprint density at radius 1 is 0.658 bits per heavy atom. The molecular weight excluding hydrogens is 488 g/mol. The molecule has 1 heterocycles. The number of aromatic hydroxyl groups is 5. The molecule has 0 aliphatic carbocycles. The molecule has 4 aromatic carbocycles. The zero-order chi connectivity index (χ0) is 27.0. The quantitative estimate of drug-likeness (QED) is 0.208. The van der Waals surface area contributed by atoms with Crippen LogP contribution >= 0.6 is 0 Å². The van der Waals surface area contributed by atoms with E-state index in [0.29, 0.717) is 22.6 Å². The number of hydrogen-bond donors (Lipinski definition) is 5. The Bertz CT molecular complexity index is 1520. The van der Waals surface area contributed by atoms with Crippen molar-refractivity contribution in [3.63, 3.8) is 0 Å². The van der Waals surface area contributed by atoms with Gasteiger partial charge in [0.15, 0.2) is 23.0 Å². The average Bonchev–Trinajstić information content (AvgIpc) is 3.27. The number of phenols is 5. The first-order valence-corrected chi connectivity index (χ1v) is 11.8. The van der Waals surface area contributed by atoms with E-state index in [1.807, 2.05) is 12.2 Å². The topological polar surface area (TPSA) is 129 Å². The fraction of sp³-hybridized carbons (Fsp3) is 0.133. The van der Waals surface area contributed by atoms with Gasteiger partial charge in [-0.2, -0.15) is 0 Å². The predicted octanol–water partition coefficient (Wildman–Crippen LogP) is 5.67. The summed E-state index contributed by atoms with van der Waals surface area (Å²) in [4.78, 5) is 0. The second-order valence-corrected chi connectivity index (χ2v) is 8.94. The molecule has 0 spiro atoms. The average molecular weight is 515 g/mol. The zero-order valence-electron chi connectivity index (χ0n) is 20.6. The maximum atomic E-state index is 10.5. The predicted molar refractivity (Wildman–Crippen MR) is 141 cm³/mol. The van der Waals surface area contributed by atoms with Gasteiger partial charge in [-0.05, 0) is 59.2 Å². The molecule has 0 bridgehead atoms. The second kappa shape index (κ2) is 9.82. The van der Waals surface area contributed by atoms with E-state index in [-0.39, 0.29) is 34.5 Å². The zero-order valence-corrected chi connectivity index (χ0v) is 20.6. The second-order valence-electron chi connectivity index (χ2n) is 8.94. The third kappa shape index (κ3) is 4.59. The van der Waals surface area contributed by atoms with Gasteiger partial charge < -0.3 is 39.7 Å². The first kappa shape index (κ1) is 24.7. The van der Waals surface area contributed by atoms with Gasteiger partial charge in [0.1, 0.15) is 29.1 Å². The standard InChI is InChI=1S/C30H26O8/c1-36-25-9-16(4-7-23(25)34)3-5-17-10-22(33)15-27-28(17)29(18-6-8-24(35)26(13-18)37-2)30(38-27)19-11-20(31)14-21(32)12-19/h3-15,29-35H,1-2H3/b5-3+/t29-,30+/m1/s1. The smallest absolute Gasteiger partial charge is 0.161 e. The van der Waals surface area contributed by atoms with Gasteiger partial charge in [0.2, 0.25) is 0 Å². The highest BCUT2D eigenvalue weighted by Gasteiger charge is 2.39. The fourth-order valence-electron chi connectivity index (χ4n) is 4.81. The van der Waals surface area contributed by atoms with Crippen molar-refractivity contribution in [3.05, 3.63) is 94.5 Å². The Balaban J connectivity index is 1.67. The fourth-order valence-corrected chi connectivity index (χ4v) is 4.81. The van der Waals surface area contributed by atoms with Crippen molar-refractivity contribution in [2.24, 2.45) is 0 Å². The Morgan fingerprint density at radius 2 is 1.29 bits per heavy atom. The van der Waals surface area contributed by atoms with Crippen molar-refractivity contribution >= 4 is 12.2 Å². The number of ether oxygens (including phenoxy) is 3. The Hall–Kier alpha value is -4.98. The van der Waals surface area contributed by atoms with Gasteiger partial charge in [0.25, 0.3) is 0 Å². The molecule has 0 saturated carbocycles. The lowest BCUT2D eigenvalue weighted by atomic mass is 9.82. The summed E-state index contributed by atoms with van der Waals surface area (Å²) in [7, 11) is 2.93. The number of methoxy groups -OCH3 is 2. The minimum atomic E-state index is -0.681. The van der Waals surface area contributed by atoms with E-state index in [0.717, 1.165) is 16.7 Å². The van der Waals surface area contributed by atoms with Gasteiger partial charge in [0, 0.05) is 23.3 Å². The third-order valence-corrected chi connectivity index (χ3v) is 6.50. The number of hydrogen-bond acceptors (Lipinski definition) is 8. The lowest BCUT2D eigenvalue weighted by molar-refractivity contribution is 0.220.